The van der Waals surface area contributed by atoms with Crippen molar-refractivity contribution >= 4 is 46.8 Å². The van der Waals surface area contributed by atoms with Gasteiger partial charge in [-0.05, 0) is 60.2 Å². The van der Waals surface area contributed by atoms with Crippen molar-refractivity contribution in [3.05, 3.63) is 93.5 Å². The molecule has 3 aromatic carbocycles. The second kappa shape index (κ2) is 10.7. The summed E-state index contributed by atoms with van der Waals surface area (Å²) in [5.41, 5.74) is 7.54. The Hall–Kier alpha value is -3.48. The lowest BCUT2D eigenvalue weighted by molar-refractivity contribution is -0.111. The summed E-state index contributed by atoms with van der Waals surface area (Å²) < 4.78 is 11.2. The number of carbonyl (C=O) groups excluding carboxylic acids is 2. The van der Waals surface area contributed by atoms with Gasteiger partial charge in [-0.3, -0.25) is 9.59 Å². The van der Waals surface area contributed by atoms with Crippen LogP contribution in [0.2, 0.25) is 10.0 Å². The number of nitrogens with one attached hydrogen (secondary N) is 1. The van der Waals surface area contributed by atoms with E-state index < -0.39 is 5.91 Å². The van der Waals surface area contributed by atoms with Crippen molar-refractivity contribution in [2.24, 2.45) is 5.73 Å². The molecule has 0 aromatic heterocycles. The van der Waals surface area contributed by atoms with Crippen LogP contribution in [0.5, 0.6) is 11.5 Å². The SMILES string of the molecule is COc1cc(C=CC(=O)Nc2ccc(C(N)=O)cc2)ccc1OCc1c(Cl)cccc1Cl. The molecule has 0 aliphatic rings. The van der Waals surface area contributed by atoms with E-state index in [0.717, 1.165) is 5.56 Å². The summed E-state index contributed by atoms with van der Waals surface area (Å²) in [6.07, 6.45) is 3.03. The van der Waals surface area contributed by atoms with Crippen molar-refractivity contribution in [1.29, 1.82) is 0 Å². The van der Waals surface area contributed by atoms with Crippen molar-refractivity contribution in [2.75, 3.05) is 12.4 Å². The lowest BCUT2D eigenvalue weighted by Gasteiger charge is -2.13. The van der Waals surface area contributed by atoms with Crippen LogP contribution in [-0.4, -0.2) is 18.9 Å². The van der Waals surface area contributed by atoms with E-state index in [1.807, 2.05) is 0 Å². The van der Waals surface area contributed by atoms with E-state index in [2.05, 4.69) is 5.32 Å². The number of hydrogen-bond donors (Lipinski definition) is 2. The highest BCUT2D eigenvalue weighted by Crippen LogP contribution is 2.31. The maximum absolute atomic E-state index is 12.2. The van der Waals surface area contributed by atoms with E-state index in [1.54, 1.807) is 66.7 Å². The molecule has 2 amide bonds. The molecule has 0 heterocycles. The number of ether oxygens (including phenoxy) is 2. The molecule has 0 radical (unpaired) electrons. The second-order valence-electron chi connectivity index (χ2n) is 6.66. The van der Waals surface area contributed by atoms with Crippen molar-refractivity contribution in [3.8, 4) is 11.5 Å². The molecule has 0 spiro atoms. The minimum Gasteiger partial charge on any atom is -0.493 e. The summed E-state index contributed by atoms with van der Waals surface area (Å²) in [7, 11) is 1.53. The number of nitrogens with two attached hydrogens (primary N) is 1. The van der Waals surface area contributed by atoms with Gasteiger partial charge in [-0.25, -0.2) is 0 Å². The van der Waals surface area contributed by atoms with Crippen LogP contribution < -0.4 is 20.5 Å². The van der Waals surface area contributed by atoms with Gasteiger partial charge in [0.2, 0.25) is 11.8 Å². The van der Waals surface area contributed by atoms with Crippen LogP contribution in [0.4, 0.5) is 5.69 Å². The van der Waals surface area contributed by atoms with Gasteiger partial charge in [0.25, 0.3) is 0 Å². The zero-order valence-electron chi connectivity index (χ0n) is 17.1. The third-order valence-corrected chi connectivity index (χ3v) is 5.19. The van der Waals surface area contributed by atoms with Crippen molar-refractivity contribution < 1.29 is 19.1 Å². The fourth-order valence-electron chi connectivity index (χ4n) is 2.80. The quantitative estimate of drug-likeness (QED) is 0.435. The Balaban J connectivity index is 1.65. The van der Waals surface area contributed by atoms with Crippen LogP contribution in [0, 0.1) is 0 Å². The van der Waals surface area contributed by atoms with Gasteiger partial charge in [-0.15, -0.1) is 0 Å². The Labute approximate surface area is 195 Å². The number of primary amides is 1. The summed E-state index contributed by atoms with van der Waals surface area (Å²) in [6, 6.07) is 16.8. The first kappa shape index (κ1) is 23.2. The van der Waals surface area contributed by atoms with Gasteiger partial charge in [0.05, 0.1) is 7.11 Å². The molecule has 6 nitrogen and oxygen atoms in total. The molecule has 3 rings (SSSR count). The molecule has 0 unspecified atom stereocenters. The van der Waals surface area contributed by atoms with Gasteiger partial charge in [0, 0.05) is 32.9 Å². The highest BCUT2D eigenvalue weighted by Gasteiger charge is 2.10. The molecule has 32 heavy (non-hydrogen) atoms. The van der Waals surface area contributed by atoms with Gasteiger partial charge in [0.15, 0.2) is 11.5 Å². The van der Waals surface area contributed by atoms with Gasteiger partial charge in [-0.2, -0.15) is 0 Å². The van der Waals surface area contributed by atoms with Gasteiger partial charge >= 0.3 is 0 Å². The summed E-state index contributed by atoms with van der Waals surface area (Å²) >= 11 is 12.4. The number of anilines is 1. The number of methoxy groups -OCH3 is 1. The maximum Gasteiger partial charge on any atom is 0.248 e. The number of amides is 2. The first-order valence-electron chi connectivity index (χ1n) is 9.50. The zero-order chi connectivity index (χ0) is 23.1. The van der Waals surface area contributed by atoms with Crippen LogP contribution in [-0.2, 0) is 11.4 Å². The van der Waals surface area contributed by atoms with Crippen LogP contribution in [0.3, 0.4) is 0 Å². The molecule has 0 saturated heterocycles. The van der Waals surface area contributed by atoms with Gasteiger partial charge in [-0.1, -0.05) is 35.3 Å². The smallest absolute Gasteiger partial charge is 0.248 e. The largest absolute Gasteiger partial charge is 0.493 e. The molecule has 0 atom stereocenters. The average Bonchev–Trinajstić information content (AvgIpc) is 2.78. The fraction of sp³-hybridized carbons (Fsp3) is 0.0833. The Morgan fingerprint density at radius 2 is 1.69 bits per heavy atom. The van der Waals surface area contributed by atoms with Crippen molar-refractivity contribution in [1.82, 2.24) is 0 Å². The molecule has 8 heteroatoms. The van der Waals surface area contributed by atoms with Gasteiger partial charge < -0.3 is 20.5 Å². The Kier molecular flexibility index (Phi) is 7.76. The van der Waals surface area contributed by atoms with Crippen LogP contribution >= 0.6 is 23.2 Å². The lowest BCUT2D eigenvalue weighted by atomic mass is 10.1. The Morgan fingerprint density at radius 1 is 1.00 bits per heavy atom. The zero-order valence-corrected chi connectivity index (χ0v) is 18.6. The van der Waals surface area contributed by atoms with Gasteiger partial charge in [0.1, 0.15) is 6.61 Å². The monoisotopic (exact) mass is 470 g/mol. The number of benzene rings is 3. The third kappa shape index (κ3) is 6.03. The van der Waals surface area contributed by atoms with Crippen molar-refractivity contribution in [2.45, 2.75) is 6.61 Å². The van der Waals surface area contributed by atoms with E-state index in [0.29, 0.717) is 38.4 Å². The van der Waals surface area contributed by atoms with Crippen LogP contribution in [0.25, 0.3) is 6.08 Å². The summed E-state index contributed by atoms with van der Waals surface area (Å²) in [4.78, 5) is 23.3. The number of carbonyl (C=O) groups is 2. The number of hydrogen-bond acceptors (Lipinski definition) is 4. The first-order chi connectivity index (χ1) is 15.4. The van der Waals surface area contributed by atoms with Crippen molar-refractivity contribution in [3.63, 3.8) is 0 Å². The summed E-state index contributed by atoms with van der Waals surface area (Å²) in [5.74, 6) is 0.154. The molecule has 0 aliphatic carbocycles. The molecular weight excluding hydrogens is 451 g/mol. The molecule has 0 aliphatic heterocycles. The molecule has 0 saturated carbocycles. The molecule has 0 fully saturated rings. The molecule has 0 bridgehead atoms. The van der Waals surface area contributed by atoms with Crippen LogP contribution in [0.15, 0.2) is 66.7 Å². The topological polar surface area (TPSA) is 90.6 Å². The highest BCUT2D eigenvalue weighted by molar-refractivity contribution is 6.35. The predicted molar refractivity (Wildman–Crippen MR) is 126 cm³/mol. The van der Waals surface area contributed by atoms with E-state index in [9.17, 15) is 9.59 Å². The number of rotatable bonds is 8. The predicted octanol–water partition coefficient (Wildman–Crippen LogP) is 5.33. The fourth-order valence-corrected chi connectivity index (χ4v) is 3.31. The molecule has 164 valence electrons. The number of halogens is 2. The van der Waals surface area contributed by atoms with E-state index in [-0.39, 0.29) is 12.5 Å². The lowest BCUT2D eigenvalue weighted by Crippen LogP contribution is -2.11. The maximum atomic E-state index is 12.2. The second-order valence-corrected chi connectivity index (χ2v) is 7.48. The van der Waals surface area contributed by atoms with E-state index in [1.165, 1.54) is 13.2 Å². The summed E-state index contributed by atoms with van der Waals surface area (Å²) in [5, 5.41) is 3.75. The standard InChI is InChI=1S/C24H20Cl2N2O4/c1-31-22-13-15(5-11-21(22)32-14-18-19(25)3-2-4-20(18)26)6-12-23(29)28-17-9-7-16(8-10-17)24(27)30/h2-13H,14H2,1H3,(H2,27,30)(H,28,29). The average molecular weight is 471 g/mol. The minimum atomic E-state index is -0.529. The molecular formula is C24H20Cl2N2O4. The van der Waals surface area contributed by atoms with E-state index >= 15 is 0 Å². The van der Waals surface area contributed by atoms with Crippen LogP contribution in [0.1, 0.15) is 21.5 Å². The van der Waals surface area contributed by atoms with E-state index in [4.69, 9.17) is 38.4 Å². The molecule has 3 N–H and O–H groups in total. The first-order valence-corrected chi connectivity index (χ1v) is 10.3. The third-order valence-electron chi connectivity index (χ3n) is 4.49. The Bertz CT molecular complexity index is 1140. The minimum absolute atomic E-state index is 0.182. The normalized spacial score (nSPS) is 10.7. The highest BCUT2D eigenvalue weighted by atomic mass is 35.5. The molecule has 3 aromatic rings. The Morgan fingerprint density at radius 3 is 2.31 bits per heavy atom. The summed E-state index contributed by atoms with van der Waals surface area (Å²) in [6.45, 7) is 0.182.